The van der Waals surface area contributed by atoms with Gasteiger partial charge in [-0.15, -0.1) is 0 Å². The molecule has 0 aliphatic rings. The van der Waals surface area contributed by atoms with Crippen LogP contribution in [0.2, 0.25) is 0 Å². The third kappa shape index (κ3) is 3.88. The molecule has 0 saturated carbocycles. The summed E-state index contributed by atoms with van der Waals surface area (Å²) in [4.78, 5) is 21.2. The van der Waals surface area contributed by atoms with Crippen molar-refractivity contribution in [3.05, 3.63) is 76.6 Å². The summed E-state index contributed by atoms with van der Waals surface area (Å²) in [6, 6.07) is 13.6. The van der Waals surface area contributed by atoms with Gasteiger partial charge in [-0.2, -0.15) is 0 Å². The summed E-state index contributed by atoms with van der Waals surface area (Å²) in [6.45, 7) is 8.02. The molecule has 0 spiro atoms. The summed E-state index contributed by atoms with van der Waals surface area (Å²) in [7, 11) is 0. The molecular formula is C21H22N4O. The number of hydrogen-bond acceptors (Lipinski definition) is 4. The van der Waals surface area contributed by atoms with Crippen molar-refractivity contribution in [1.29, 1.82) is 0 Å². The Kier molecular flexibility index (Phi) is 4.98. The van der Waals surface area contributed by atoms with Gasteiger partial charge in [-0.1, -0.05) is 35.9 Å². The summed E-state index contributed by atoms with van der Waals surface area (Å²) < 4.78 is 0. The summed E-state index contributed by atoms with van der Waals surface area (Å²) in [6.07, 6.45) is 1.58. The van der Waals surface area contributed by atoms with Crippen LogP contribution in [0.4, 0.5) is 17.3 Å². The molecule has 0 radical (unpaired) electrons. The first-order chi connectivity index (χ1) is 12.4. The molecule has 0 aliphatic heterocycles. The maximum absolute atomic E-state index is 12.6. The van der Waals surface area contributed by atoms with Crippen molar-refractivity contribution in [2.75, 3.05) is 10.6 Å². The SMILES string of the molecule is Cc1cc(C)c(NC(=O)c2ccnc(Nc3ccccc3C)n2)c(C)c1. The van der Waals surface area contributed by atoms with Gasteiger partial charge in [0.25, 0.3) is 5.91 Å². The van der Waals surface area contributed by atoms with Crippen molar-refractivity contribution in [3.63, 3.8) is 0 Å². The van der Waals surface area contributed by atoms with Crippen LogP contribution in [0.3, 0.4) is 0 Å². The third-order valence-corrected chi connectivity index (χ3v) is 4.20. The van der Waals surface area contributed by atoms with Gasteiger partial charge in [0.15, 0.2) is 0 Å². The summed E-state index contributed by atoms with van der Waals surface area (Å²) in [5, 5.41) is 6.13. The first-order valence-electron chi connectivity index (χ1n) is 8.49. The van der Waals surface area contributed by atoms with E-state index in [-0.39, 0.29) is 5.91 Å². The number of aryl methyl sites for hydroxylation is 4. The van der Waals surface area contributed by atoms with E-state index in [0.29, 0.717) is 11.6 Å². The third-order valence-electron chi connectivity index (χ3n) is 4.20. The Bertz CT molecular complexity index is 943. The molecule has 0 unspecified atom stereocenters. The average Bonchev–Trinajstić information content (AvgIpc) is 2.60. The molecule has 3 rings (SSSR count). The molecule has 2 N–H and O–H groups in total. The van der Waals surface area contributed by atoms with Crippen LogP contribution in [-0.2, 0) is 0 Å². The monoisotopic (exact) mass is 346 g/mol. The van der Waals surface area contributed by atoms with Gasteiger partial charge < -0.3 is 10.6 Å². The molecule has 0 saturated heterocycles. The summed E-state index contributed by atoms with van der Waals surface area (Å²) in [5.74, 6) is 0.139. The number of amides is 1. The molecular weight excluding hydrogens is 324 g/mol. The van der Waals surface area contributed by atoms with Gasteiger partial charge in [-0.3, -0.25) is 4.79 Å². The number of nitrogens with one attached hydrogen (secondary N) is 2. The van der Waals surface area contributed by atoms with Crippen LogP contribution in [0, 0.1) is 27.7 Å². The maximum atomic E-state index is 12.6. The van der Waals surface area contributed by atoms with Crippen molar-refractivity contribution in [1.82, 2.24) is 9.97 Å². The molecule has 5 heteroatoms. The predicted molar refractivity (Wildman–Crippen MR) is 105 cm³/mol. The number of hydrogen-bond donors (Lipinski definition) is 2. The van der Waals surface area contributed by atoms with Crippen molar-refractivity contribution >= 4 is 23.2 Å². The highest BCUT2D eigenvalue weighted by Crippen LogP contribution is 2.23. The highest BCUT2D eigenvalue weighted by Gasteiger charge is 2.13. The van der Waals surface area contributed by atoms with Gasteiger partial charge in [0.1, 0.15) is 5.69 Å². The molecule has 5 nitrogen and oxygen atoms in total. The number of carbonyl (C=O) groups is 1. The quantitative estimate of drug-likeness (QED) is 0.718. The van der Waals surface area contributed by atoms with Crippen LogP contribution in [-0.4, -0.2) is 15.9 Å². The minimum Gasteiger partial charge on any atom is -0.324 e. The van der Waals surface area contributed by atoms with Crippen LogP contribution < -0.4 is 10.6 Å². The van der Waals surface area contributed by atoms with Gasteiger partial charge in [-0.25, -0.2) is 9.97 Å². The Hall–Kier alpha value is -3.21. The Labute approximate surface area is 153 Å². The van der Waals surface area contributed by atoms with E-state index in [0.717, 1.165) is 28.1 Å². The molecule has 132 valence electrons. The largest absolute Gasteiger partial charge is 0.324 e. The molecule has 0 bridgehead atoms. The van der Waals surface area contributed by atoms with Gasteiger partial charge in [-0.05, 0) is 56.5 Å². The topological polar surface area (TPSA) is 66.9 Å². The number of aromatic nitrogens is 2. The molecule has 0 aliphatic carbocycles. The summed E-state index contributed by atoms with van der Waals surface area (Å²) >= 11 is 0. The number of benzene rings is 2. The molecule has 0 fully saturated rings. The lowest BCUT2D eigenvalue weighted by atomic mass is 10.1. The van der Waals surface area contributed by atoms with Crippen LogP contribution in [0.1, 0.15) is 32.7 Å². The maximum Gasteiger partial charge on any atom is 0.274 e. The zero-order valence-electron chi connectivity index (χ0n) is 15.4. The van der Waals surface area contributed by atoms with E-state index in [1.54, 1.807) is 12.3 Å². The van der Waals surface area contributed by atoms with Gasteiger partial charge in [0, 0.05) is 17.6 Å². The smallest absolute Gasteiger partial charge is 0.274 e. The van der Waals surface area contributed by atoms with E-state index in [4.69, 9.17) is 0 Å². The molecule has 0 atom stereocenters. The lowest BCUT2D eigenvalue weighted by Crippen LogP contribution is -2.16. The lowest BCUT2D eigenvalue weighted by molar-refractivity contribution is 0.102. The second kappa shape index (κ2) is 7.35. The number of carbonyl (C=O) groups excluding carboxylic acids is 1. The van der Waals surface area contributed by atoms with E-state index < -0.39 is 0 Å². The molecule has 26 heavy (non-hydrogen) atoms. The van der Waals surface area contributed by atoms with Crippen molar-refractivity contribution < 1.29 is 4.79 Å². The minimum atomic E-state index is -0.254. The second-order valence-electron chi connectivity index (χ2n) is 6.43. The second-order valence-corrected chi connectivity index (χ2v) is 6.43. The predicted octanol–water partition coefficient (Wildman–Crippen LogP) is 4.71. The fourth-order valence-electron chi connectivity index (χ4n) is 2.93. The van der Waals surface area contributed by atoms with Crippen molar-refractivity contribution in [2.45, 2.75) is 27.7 Å². The number of anilines is 3. The van der Waals surface area contributed by atoms with Gasteiger partial charge in [0.05, 0.1) is 0 Å². The fourth-order valence-corrected chi connectivity index (χ4v) is 2.93. The molecule has 1 aromatic heterocycles. The molecule has 1 heterocycles. The summed E-state index contributed by atoms with van der Waals surface area (Å²) in [5.41, 5.74) is 6.37. The van der Waals surface area contributed by atoms with E-state index in [1.165, 1.54) is 5.56 Å². The van der Waals surface area contributed by atoms with Crippen molar-refractivity contribution in [3.8, 4) is 0 Å². The number of rotatable bonds is 4. The lowest BCUT2D eigenvalue weighted by Gasteiger charge is -2.13. The minimum absolute atomic E-state index is 0.254. The highest BCUT2D eigenvalue weighted by molar-refractivity contribution is 6.03. The Morgan fingerprint density at radius 2 is 1.62 bits per heavy atom. The number of nitrogens with zero attached hydrogens (tertiary/aromatic N) is 2. The highest BCUT2D eigenvalue weighted by atomic mass is 16.1. The van der Waals surface area contributed by atoms with Gasteiger partial charge >= 0.3 is 0 Å². The fraction of sp³-hybridized carbons (Fsp3) is 0.190. The van der Waals surface area contributed by atoms with E-state index >= 15 is 0 Å². The van der Waals surface area contributed by atoms with Crippen LogP contribution in [0.5, 0.6) is 0 Å². The van der Waals surface area contributed by atoms with E-state index in [2.05, 4.69) is 20.6 Å². The Morgan fingerprint density at radius 1 is 0.923 bits per heavy atom. The van der Waals surface area contributed by atoms with Gasteiger partial charge in [0.2, 0.25) is 5.95 Å². The first kappa shape index (κ1) is 17.6. The van der Waals surface area contributed by atoms with E-state index in [1.807, 2.05) is 64.1 Å². The normalized spacial score (nSPS) is 10.5. The number of para-hydroxylation sites is 1. The average molecular weight is 346 g/mol. The first-order valence-corrected chi connectivity index (χ1v) is 8.49. The molecule has 2 aromatic carbocycles. The molecule has 3 aromatic rings. The Balaban J connectivity index is 1.82. The zero-order chi connectivity index (χ0) is 18.7. The zero-order valence-corrected chi connectivity index (χ0v) is 15.4. The molecule has 1 amide bonds. The van der Waals surface area contributed by atoms with Crippen LogP contribution in [0.15, 0.2) is 48.7 Å². The van der Waals surface area contributed by atoms with Crippen LogP contribution >= 0.6 is 0 Å². The van der Waals surface area contributed by atoms with E-state index in [9.17, 15) is 4.79 Å². The standard InChI is InChI=1S/C21H22N4O/c1-13-11-15(3)19(16(4)12-13)25-20(26)18-9-10-22-21(24-18)23-17-8-6-5-7-14(17)2/h5-12H,1-4H3,(H,25,26)(H,22,23,24). The van der Waals surface area contributed by atoms with Crippen molar-refractivity contribution in [2.24, 2.45) is 0 Å². The Morgan fingerprint density at radius 3 is 2.31 bits per heavy atom. The van der Waals surface area contributed by atoms with Crippen LogP contribution in [0.25, 0.3) is 0 Å².